The van der Waals surface area contributed by atoms with Crippen LogP contribution in [0, 0.1) is 5.92 Å². The number of nitrogens with zero attached hydrogens (tertiary/aromatic N) is 4. The maximum absolute atomic E-state index is 13.4. The molecule has 1 aliphatic carbocycles. The van der Waals surface area contributed by atoms with Gasteiger partial charge in [0, 0.05) is 56.3 Å². The molecule has 12 heteroatoms. The van der Waals surface area contributed by atoms with Crippen LogP contribution in [0.15, 0.2) is 61.1 Å². The van der Waals surface area contributed by atoms with Gasteiger partial charge in [0.2, 0.25) is 5.91 Å². The minimum absolute atomic E-state index is 0.147. The molecule has 1 aliphatic heterocycles. The number of aromatic nitrogens is 2. The molecule has 5 rings (SSSR count). The van der Waals surface area contributed by atoms with E-state index in [2.05, 4.69) is 25.5 Å². The average molecular weight is 591 g/mol. The number of aliphatic carboxylic acids is 1. The van der Waals surface area contributed by atoms with Gasteiger partial charge in [-0.1, -0.05) is 17.7 Å². The minimum Gasteiger partial charge on any atom is -0.481 e. The zero-order valence-corrected chi connectivity index (χ0v) is 23.6. The summed E-state index contributed by atoms with van der Waals surface area (Å²) in [5.41, 5.74) is 2.19. The summed E-state index contributed by atoms with van der Waals surface area (Å²) in [6.45, 7) is 2.46. The van der Waals surface area contributed by atoms with Crippen LogP contribution in [0.1, 0.15) is 58.0 Å². The van der Waals surface area contributed by atoms with Gasteiger partial charge in [0.05, 0.1) is 29.4 Å². The van der Waals surface area contributed by atoms with Crippen molar-refractivity contribution in [3.63, 3.8) is 0 Å². The van der Waals surface area contributed by atoms with Crippen LogP contribution in [-0.4, -0.2) is 69.8 Å². The van der Waals surface area contributed by atoms with E-state index in [0.29, 0.717) is 43.1 Å². The first-order valence-electron chi connectivity index (χ1n) is 13.8. The Labute approximate surface area is 247 Å². The molecule has 2 aromatic heterocycles. The Balaban J connectivity index is 1.41. The Hall–Kier alpha value is -4.51. The van der Waals surface area contributed by atoms with E-state index in [0.717, 1.165) is 19.3 Å². The maximum Gasteiger partial charge on any atom is 0.305 e. The molecule has 2 aliphatic rings. The number of hydrogen-bond acceptors (Lipinski definition) is 7. The number of anilines is 2. The number of amides is 3. The first-order chi connectivity index (χ1) is 20.3. The molecule has 0 bridgehead atoms. The van der Waals surface area contributed by atoms with Crippen molar-refractivity contribution in [2.24, 2.45) is 5.92 Å². The number of pyridine rings is 2. The van der Waals surface area contributed by atoms with Crippen LogP contribution in [0.5, 0.6) is 0 Å². The lowest BCUT2D eigenvalue weighted by Crippen LogP contribution is -2.36. The zero-order valence-electron chi connectivity index (χ0n) is 22.8. The average Bonchev–Trinajstić information content (AvgIpc) is 3.85. The molecule has 1 saturated heterocycles. The maximum atomic E-state index is 13.4. The van der Waals surface area contributed by atoms with Crippen molar-refractivity contribution in [2.45, 2.75) is 31.7 Å². The second-order valence-corrected chi connectivity index (χ2v) is 10.8. The van der Waals surface area contributed by atoms with E-state index in [1.165, 1.54) is 18.5 Å². The Morgan fingerprint density at radius 3 is 2.48 bits per heavy atom. The molecule has 3 N–H and O–H groups in total. The van der Waals surface area contributed by atoms with E-state index in [-0.39, 0.29) is 34.5 Å². The van der Waals surface area contributed by atoms with Crippen LogP contribution in [0.3, 0.4) is 0 Å². The summed E-state index contributed by atoms with van der Waals surface area (Å²) in [4.78, 5) is 62.8. The number of carboxylic acids is 1. The van der Waals surface area contributed by atoms with Gasteiger partial charge in [0.15, 0.2) is 0 Å². The van der Waals surface area contributed by atoms with Crippen molar-refractivity contribution in [3.05, 3.63) is 82.9 Å². The highest BCUT2D eigenvalue weighted by atomic mass is 35.5. The third-order valence-corrected chi connectivity index (χ3v) is 7.57. The molecule has 218 valence electrons. The second-order valence-electron chi connectivity index (χ2n) is 10.4. The Morgan fingerprint density at radius 1 is 0.976 bits per heavy atom. The molecule has 1 unspecified atom stereocenters. The monoisotopic (exact) mass is 590 g/mol. The van der Waals surface area contributed by atoms with Gasteiger partial charge in [-0.05, 0) is 61.2 Å². The molecule has 3 heterocycles. The van der Waals surface area contributed by atoms with Gasteiger partial charge >= 0.3 is 5.97 Å². The largest absolute Gasteiger partial charge is 0.481 e. The fraction of sp³-hybridized carbons (Fsp3) is 0.333. The first-order valence-corrected chi connectivity index (χ1v) is 14.2. The van der Waals surface area contributed by atoms with Gasteiger partial charge in [0.1, 0.15) is 5.15 Å². The summed E-state index contributed by atoms with van der Waals surface area (Å²) >= 11 is 5.89. The van der Waals surface area contributed by atoms with E-state index in [1.807, 2.05) is 4.90 Å². The highest BCUT2D eigenvalue weighted by Gasteiger charge is 2.34. The number of carbonyl (C=O) groups is 4. The molecular weight excluding hydrogens is 560 g/mol. The number of hydrogen-bond donors (Lipinski definition) is 3. The van der Waals surface area contributed by atoms with E-state index < -0.39 is 23.8 Å². The Kier molecular flexibility index (Phi) is 8.97. The molecule has 42 heavy (non-hydrogen) atoms. The molecule has 0 radical (unpaired) electrons. The van der Waals surface area contributed by atoms with Crippen LogP contribution in [-0.2, 0) is 9.59 Å². The summed E-state index contributed by atoms with van der Waals surface area (Å²) in [5, 5.41) is 15.4. The number of carboxylic acid groups (broad SMARTS) is 1. The number of nitrogens with one attached hydrogen (secondary N) is 2. The number of halogens is 1. The molecule has 1 atom stereocenters. The summed E-state index contributed by atoms with van der Waals surface area (Å²) in [6, 6.07) is 10.6. The lowest BCUT2D eigenvalue weighted by atomic mass is 10.0. The minimum atomic E-state index is -1.07. The van der Waals surface area contributed by atoms with Gasteiger partial charge < -0.3 is 25.5 Å². The van der Waals surface area contributed by atoms with Gasteiger partial charge in [-0.3, -0.25) is 24.2 Å². The predicted molar refractivity (Wildman–Crippen MR) is 156 cm³/mol. The lowest BCUT2D eigenvalue weighted by Gasteiger charge is -2.27. The zero-order chi connectivity index (χ0) is 29.6. The van der Waals surface area contributed by atoms with E-state index >= 15 is 0 Å². The number of rotatable bonds is 9. The van der Waals surface area contributed by atoms with Crippen LogP contribution >= 0.6 is 11.6 Å². The topological polar surface area (TPSA) is 145 Å². The van der Waals surface area contributed by atoms with Gasteiger partial charge in [0.25, 0.3) is 11.8 Å². The standard InChI is InChI=1S/C30H31ClN6O5/c31-26-9-7-22(18-33-26)29(41)35-24-15-20(28(40)34-23(16-27(38)39)21-3-1-10-32-17-21)6-8-25(24)36-11-2-12-37(14-13-36)30(42)19-4-5-19/h1,3,6-10,15,17-19,23H,2,4-5,11-14,16H2,(H,34,40)(H,35,41)(H,38,39). The smallest absolute Gasteiger partial charge is 0.305 e. The van der Waals surface area contributed by atoms with Crippen molar-refractivity contribution in [1.82, 2.24) is 20.2 Å². The van der Waals surface area contributed by atoms with Crippen molar-refractivity contribution in [3.8, 4) is 0 Å². The fourth-order valence-corrected chi connectivity index (χ4v) is 5.09. The highest BCUT2D eigenvalue weighted by molar-refractivity contribution is 6.29. The quantitative estimate of drug-likeness (QED) is 0.319. The summed E-state index contributed by atoms with van der Waals surface area (Å²) < 4.78 is 0. The normalized spacial score (nSPS) is 15.8. The molecule has 3 amide bonds. The first kappa shape index (κ1) is 29.0. The lowest BCUT2D eigenvalue weighted by molar-refractivity contribution is -0.137. The summed E-state index contributed by atoms with van der Waals surface area (Å²) in [6.07, 6.45) is 6.78. The fourth-order valence-electron chi connectivity index (χ4n) is 4.98. The third kappa shape index (κ3) is 7.22. The van der Waals surface area contributed by atoms with Crippen LogP contribution in [0.4, 0.5) is 11.4 Å². The number of carbonyl (C=O) groups excluding carboxylic acids is 3. The van der Waals surface area contributed by atoms with Crippen molar-refractivity contribution in [2.75, 3.05) is 36.4 Å². The van der Waals surface area contributed by atoms with E-state index in [4.69, 9.17) is 11.6 Å². The molecule has 1 saturated carbocycles. The summed E-state index contributed by atoms with van der Waals surface area (Å²) in [5.74, 6) is -1.65. The predicted octanol–water partition coefficient (Wildman–Crippen LogP) is 3.78. The number of benzene rings is 1. The molecular formula is C30H31ClN6O5. The van der Waals surface area contributed by atoms with Crippen LogP contribution < -0.4 is 15.5 Å². The van der Waals surface area contributed by atoms with Crippen LogP contribution in [0.2, 0.25) is 5.15 Å². The van der Waals surface area contributed by atoms with Crippen molar-refractivity contribution in [1.29, 1.82) is 0 Å². The second kappa shape index (κ2) is 13.0. The third-order valence-electron chi connectivity index (χ3n) is 7.34. The molecule has 3 aromatic rings. The molecule has 0 spiro atoms. The van der Waals surface area contributed by atoms with Crippen molar-refractivity contribution >= 4 is 46.7 Å². The molecule has 2 fully saturated rings. The Bertz CT molecular complexity index is 1460. The van der Waals surface area contributed by atoms with Gasteiger partial charge in [-0.2, -0.15) is 0 Å². The van der Waals surface area contributed by atoms with E-state index in [1.54, 1.807) is 42.6 Å². The Morgan fingerprint density at radius 2 is 1.79 bits per heavy atom. The highest BCUT2D eigenvalue weighted by Crippen LogP contribution is 2.33. The summed E-state index contributed by atoms with van der Waals surface area (Å²) in [7, 11) is 0. The van der Waals surface area contributed by atoms with Gasteiger partial charge in [-0.15, -0.1) is 0 Å². The van der Waals surface area contributed by atoms with Crippen LogP contribution in [0.25, 0.3) is 0 Å². The molecule has 1 aromatic carbocycles. The molecule has 11 nitrogen and oxygen atoms in total. The van der Waals surface area contributed by atoms with Gasteiger partial charge in [-0.25, -0.2) is 4.98 Å². The SMILES string of the molecule is O=C(O)CC(NC(=O)c1ccc(N2CCCN(C(=O)C3CC3)CC2)c(NC(=O)c2ccc(Cl)nc2)c1)c1cccnc1. The van der Waals surface area contributed by atoms with E-state index in [9.17, 15) is 24.3 Å². The van der Waals surface area contributed by atoms with Crippen molar-refractivity contribution < 1.29 is 24.3 Å².